The van der Waals surface area contributed by atoms with E-state index in [9.17, 15) is 9.59 Å². The van der Waals surface area contributed by atoms with Crippen LogP contribution in [0.3, 0.4) is 0 Å². The fraction of sp³-hybridized carbons (Fsp3) is 0.857. The number of rotatable bonds is 5. The van der Waals surface area contributed by atoms with Gasteiger partial charge in [0.1, 0.15) is 11.6 Å². The maximum absolute atomic E-state index is 12.4. The van der Waals surface area contributed by atoms with E-state index in [2.05, 4.69) is 19.2 Å². The molecular formula is C14H26N2O2. The van der Waals surface area contributed by atoms with Gasteiger partial charge >= 0.3 is 0 Å². The lowest BCUT2D eigenvalue weighted by molar-refractivity contribution is -0.157. The summed E-state index contributed by atoms with van der Waals surface area (Å²) in [5.74, 6) is 0.589. The molecule has 2 atom stereocenters. The second-order valence-corrected chi connectivity index (χ2v) is 5.73. The van der Waals surface area contributed by atoms with Crippen LogP contribution in [0.1, 0.15) is 53.9 Å². The van der Waals surface area contributed by atoms with Gasteiger partial charge in [-0.25, -0.2) is 0 Å². The van der Waals surface area contributed by atoms with Crippen LogP contribution in [-0.2, 0) is 9.59 Å². The molecule has 1 fully saturated rings. The first-order chi connectivity index (χ1) is 8.36. The van der Waals surface area contributed by atoms with E-state index in [0.29, 0.717) is 25.3 Å². The Morgan fingerprint density at radius 1 is 1.33 bits per heavy atom. The normalized spacial score (nSPS) is 28.8. The molecule has 1 aliphatic heterocycles. The summed E-state index contributed by atoms with van der Waals surface area (Å²) >= 11 is 0. The zero-order chi connectivity index (χ0) is 13.9. The number of hydrogen-bond donors (Lipinski definition) is 1. The summed E-state index contributed by atoms with van der Waals surface area (Å²) in [6.07, 6.45) is 2.24. The van der Waals surface area contributed by atoms with Crippen LogP contribution >= 0.6 is 0 Å². The van der Waals surface area contributed by atoms with Gasteiger partial charge in [0, 0.05) is 6.54 Å². The predicted molar refractivity (Wildman–Crippen MR) is 72.1 cm³/mol. The van der Waals surface area contributed by atoms with Gasteiger partial charge in [-0.1, -0.05) is 27.7 Å². The van der Waals surface area contributed by atoms with E-state index in [1.807, 2.05) is 20.8 Å². The molecule has 2 unspecified atom stereocenters. The number of hydrogen-bond acceptors (Lipinski definition) is 2. The standard InChI is InChI=1S/C14H26N2O2/c1-6-11-12(17)16(9-8-10(3)4)14(5,7-2)13(18)15-11/h10-11H,6-9H2,1-5H3,(H,15,18). The molecule has 1 heterocycles. The van der Waals surface area contributed by atoms with E-state index < -0.39 is 5.54 Å². The Hall–Kier alpha value is -1.06. The van der Waals surface area contributed by atoms with Crippen LogP contribution < -0.4 is 5.32 Å². The van der Waals surface area contributed by atoms with Crippen LogP contribution in [0.5, 0.6) is 0 Å². The van der Waals surface area contributed by atoms with Crippen LogP contribution in [0, 0.1) is 5.92 Å². The molecule has 104 valence electrons. The van der Waals surface area contributed by atoms with E-state index in [-0.39, 0.29) is 17.9 Å². The molecule has 1 saturated heterocycles. The van der Waals surface area contributed by atoms with Crippen molar-refractivity contribution >= 4 is 11.8 Å². The minimum atomic E-state index is -0.683. The van der Waals surface area contributed by atoms with Crippen molar-refractivity contribution in [1.29, 1.82) is 0 Å². The van der Waals surface area contributed by atoms with Gasteiger partial charge in [-0.15, -0.1) is 0 Å². The molecule has 0 radical (unpaired) electrons. The summed E-state index contributed by atoms with van der Waals surface area (Å²) in [6.45, 7) is 10.7. The highest BCUT2D eigenvalue weighted by Crippen LogP contribution is 2.26. The number of nitrogens with zero attached hydrogens (tertiary/aromatic N) is 1. The zero-order valence-electron chi connectivity index (χ0n) is 12.2. The fourth-order valence-electron chi connectivity index (χ4n) is 2.30. The summed E-state index contributed by atoms with van der Waals surface area (Å²) in [4.78, 5) is 26.4. The number of carbonyl (C=O) groups is 2. The minimum absolute atomic E-state index is 0.0137. The van der Waals surface area contributed by atoms with Gasteiger partial charge in [0.25, 0.3) is 0 Å². The molecule has 1 rings (SSSR count). The van der Waals surface area contributed by atoms with Crippen LogP contribution in [0.2, 0.25) is 0 Å². The van der Waals surface area contributed by atoms with Gasteiger partial charge in [-0.05, 0) is 32.1 Å². The molecule has 1 N–H and O–H groups in total. The monoisotopic (exact) mass is 254 g/mol. The Bertz CT molecular complexity index is 328. The van der Waals surface area contributed by atoms with Crippen molar-refractivity contribution in [3.63, 3.8) is 0 Å². The maximum atomic E-state index is 12.4. The lowest BCUT2D eigenvalue weighted by Crippen LogP contribution is -2.69. The Morgan fingerprint density at radius 2 is 1.94 bits per heavy atom. The first-order valence-electron chi connectivity index (χ1n) is 6.99. The summed E-state index contributed by atoms with van der Waals surface area (Å²) < 4.78 is 0. The van der Waals surface area contributed by atoms with Gasteiger partial charge in [-0.3, -0.25) is 9.59 Å². The highest BCUT2D eigenvalue weighted by molar-refractivity contribution is 5.99. The van der Waals surface area contributed by atoms with Crippen LogP contribution in [0.25, 0.3) is 0 Å². The van der Waals surface area contributed by atoms with Crippen molar-refractivity contribution in [2.75, 3.05) is 6.54 Å². The summed E-state index contributed by atoms with van der Waals surface area (Å²) in [6, 6.07) is -0.343. The largest absolute Gasteiger partial charge is 0.342 e. The van der Waals surface area contributed by atoms with Gasteiger partial charge in [0.2, 0.25) is 11.8 Å². The Morgan fingerprint density at radius 3 is 2.39 bits per heavy atom. The molecule has 0 aromatic heterocycles. The van der Waals surface area contributed by atoms with Crippen molar-refractivity contribution in [2.24, 2.45) is 5.92 Å². The molecule has 0 spiro atoms. The van der Waals surface area contributed by atoms with Crippen molar-refractivity contribution in [1.82, 2.24) is 10.2 Å². The van der Waals surface area contributed by atoms with E-state index in [1.165, 1.54) is 0 Å². The van der Waals surface area contributed by atoms with Crippen molar-refractivity contribution < 1.29 is 9.59 Å². The number of piperazine rings is 1. The molecule has 2 amide bonds. The van der Waals surface area contributed by atoms with Crippen molar-refractivity contribution in [2.45, 2.75) is 65.5 Å². The highest BCUT2D eigenvalue weighted by atomic mass is 16.2. The predicted octanol–water partition coefficient (Wildman–Crippen LogP) is 1.94. The summed E-state index contributed by atoms with van der Waals surface area (Å²) in [5, 5.41) is 2.84. The first kappa shape index (κ1) is 15.0. The third-order valence-electron chi connectivity index (χ3n) is 3.98. The third kappa shape index (κ3) is 2.68. The van der Waals surface area contributed by atoms with E-state index in [1.54, 1.807) is 4.90 Å². The summed E-state index contributed by atoms with van der Waals surface area (Å²) in [7, 11) is 0. The quantitative estimate of drug-likeness (QED) is 0.815. The second kappa shape index (κ2) is 5.72. The average molecular weight is 254 g/mol. The Balaban J connectivity index is 2.94. The lowest BCUT2D eigenvalue weighted by atomic mass is 9.89. The van der Waals surface area contributed by atoms with E-state index in [4.69, 9.17) is 0 Å². The fourth-order valence-corrected chi connectivity index (χ4v) is 2.30. The number of nitrogens with one attached hydrogen (secondary N) is 1. The zero-order valence-corrected chi connectivity index (χ0v) is 12.2. The molecule has 0 saturated carbocycles. The smallest absolute Gasteiger partial charge is 0.246 e. The van der Waals surface area contributed by atoms with E-state index in [0.717, 1.165) is 6.42 Å². The van der Waals surface area contributed by atoms with Gasteiger partial charge < -0.3 is 10.2 Å². The average Bonchev–Trinajstić information content (AvgIpc) is 2.33. The van der Waals surface area contributed by atoms with Crippen molar-refractivity contribution in [3.05, 3.63) is 0 Å². The Kier molecular flexibility index (Phi) is 4.77. The molecule has 4 heteroatoms. The first-order valence-corrected chi connectivity index (χ1v) is 6.99. The molecule has 0 aromatic rings. The number of carbonyl (C=O) groups excluding carboxylic acids is 2. The molecule has 18 heavy (non-hydrogen) atoms. The molecule has 1 aliphatic rings. The number of amides is 2. The summed E-state index contributed by atoms with van der Waals surface area (Å²) in [5.41, 5.74) is -0.683. The molecular weight excluding hydrogens is 228 g/mol. The molecule has 0 bridgehead atoms. The van der Waals surface area contributed by atoms with Gasteiger partial charge in [0.05, 0.1) is 0 Å². The van der Waals surface area contributed by atoms with Gasteiger partial charge in [0.15, 0.2) is 0 Å². The van der Waals surface area contributed by atoms with E-state index >= 15 is 0 Å². The van der Waals surface area contributed by atoms with Crippen molar-refractivity contribution in [3.8, 4) is 0 Å². The third-order valence-corrected chi connectivity index (χ3v) is 3.98. The molecule has 0 aliphatic carbocycles. The maximum Gasteiger partial charge on any atom is 0.246 e. The van der Waals surface area contributed by atoms with Gasteiger partial charge in [-0.2, -0.15) is 0 Å². The molecule has 0 aromatic carbocycles. The van der Waals surface area contributed by atoms with Crippen LogP contribution in [0.4, 0.5) is 0 Å². The second-order valence-electron chi connectivity index (χ2n) is 5.73. The highest BCUT2D eigenvalue weighted by Gasteiger charge is 2.47. The van der Waals surface area contributed by atoms with Crippen LogP contribution in [-0.4, -0.2) is 34.8 Å². The topological polar surface area (TPSA) is 49.4 Å². The SMILES string of the molecule is CCC1NC(=O)C(C)(CC)N(CCC(C)C)C1=O. The lowest BCUT2D eigenvalue weighted by Gasteiger charge is -2.46. The molecule has 4 nitrogen and oxygen atoms in total. The van der Waals surface area contributed by atoms with Crippen LogP contribution in [0.15, 0.2) is 0 Å². The Labute approximate surface area is 110 Å². The minimum Gasteiger partial charge on any atom is -0.342 e.